The first kappa shape index (κ1) is 23.4. The molecule has 4 heteroatoms. The van der Waals surface area contributed by atoms with Crippen LogP contribution < -0.4 is 0 Å². The van der Waals surface area contributed by atoms with Crippen molar-refractivity contribution in [2.24, 2.45) is 0 Å². The fourth-order valence-electron chi connectivity index (χ4n) is 5.74. The quantitative estimate of drug-likeness (QED) is 0.180. The van der Waals surface area contributed by atoms with Gasteiger partial charge >= 0.3 is 37.9 Å². The minimum absolute atomic E-state index is 0.826. The van der Waals surface area contributed by atoms with E-state index < -0.39 is 20.8 Å². The van der Waals surface area contributed by atoms with E-state index in [1.165, 1.54) is 69.2 Å². The summed E-state index contributed by atoms with van der Waals surface area (Å²) in [7, 11) is 9.87. The van der Waals surface area contributed by atoms with Crippen molar-refractivity contribution in [2.75, 3.05) is 0 Å². The van der Waals surface area contributed by atoms with Gasteiger partial charge in [-0.15, -0.1) is 45.4 Å². The van der Waals surface area contributed by atoms with Crippen LogP contribution in [0.4, 0.5) is 0 Å². The Morgan fingerprint density at radius 2 is 1.37 bits per heavy atom. The molecule has 7 rings (SSSR count). The van der Waals surface area contributed by atoms with E-state index in [9.17, 15) is 0 Å². The summed E-state index contributed by atoms with van der Waals surface area (Å²) in [6.45, 7) is 2.29. The monoisotopic (exact) mass is 586 g/mol. The van der Waals surface area contributed by atoms with Gasteiger partial charge in [-0.1, -0.05) is 43.0 Å². The zero-order valence-electron chi connectivity index (χ0n) is 19.2. The molecule has 0 aliphatic rings. The van der Waals surface area contributed by atoms with Gasteiger partial charge in [0.2, 0.25) is 0 Å². The third-order valence-corrected chi connectivity index (χ3v) is 8.28. The summed E-state index contributed by atoms with van der Waals surface area (Å²) in [6, 6.07) is 33.7. The average Bonchev–Trinajstić information content (AvgIpc) is 3.52. The van der Waals surface area contributed by atoms with Crippen LogP contribution in [0.15, 0.2) is 91.0 Å². The zero-order valence-corrected chi connectivity index (χ0v) is 24.0. The molecule has 176 valence electrons. The van der Waals surface area contributed by atoms with Gasteiger partial charge in [0.1, 0.15) is 0 Å². The molecule has 7 aromatic rings. The molecular weight excluding hydrogens is 567 g/mol. The average molecular weight is 589 g/mol. The van der Waals surface area contributed by atoms with E-state index in [2.05, 4.69) is 97.9 Å². The number of hydrogen-bond acceptors (Lipinski definition) is 1. The summed E-state index contributed by atoms with van der Waals surface area (Å²) >= 11 is 1.09. The maximum atomic E-state index is 4.93. The predicted molar refractivity (Wildman–Crippen MR) is 153 cm³/mol. The van der Waals surface area contributed by atoms with E-state index in [-0.39, 0.29) is 0 Å². The second kappa shape index (κ2) is 9.83. The molecule has 0 N–H and O–H groups in total. The molecule has 0 unspecified atom stereocenters. The van der Waals surface area contributed by atoms with Gasteiger partial charge in [-0.25, -0.2) is 0 Å². The Morgan fingerprint density at radius 1 is 0.743 bits per heavy atom. The van der Waals surface area contributed by atoms with Crippen molar-refractivity contribution in [3.63, 3.8) is 0 Å². The van der Waals surface area contributed by atoms with Gasteiger partial charge < -0.3 is 57.4 Å². The first-order chi connectivity index (χ1) is 17.2. The Bertz CT molecular complexity index is 1770. The molecule has 1 aromatic heterocycles. The first-order valence-corrected chi connectivity index (χ1v) is 18.9. The van der Waals surface area contributed by atoms with E-state index in [4.69, 9.17) is 17.0 Å². The van der Waals surface area contributed by atoms with Crippen molar-refractivity contribution in [3.05, 3.63) is 108 Å². The minimum atomic E-state index is -0.826. The molecule has 0 amide bonds. The summed E-state index contributed by atoms with van der Waals surface area (Å²) in [5.41, 5.74) is 4.43. The number of thiophene rings is 1. The van der Waals surface area contributed by atoms with Gasteiger partial charge in [0.25, 0.3) is 0 Å². The van der Waals surface area contributed by atoms with Crippen molar-refractivity contribution in [1.82, 2.24) is 0 Å². The Kier molecular flexibility index (Phi) is 6.58. The zero-order chi connectivity index (χ0) is 23.9. The summed E-state index contributed by atoms with van der Waals surface area (Å²) in [4.78, 5) is 0. The molecule has 0 nitrogen and oxygen atoms in total. The van der Waals surface area contributed by atoms with Gasteiger partial charge in [0.15, 0.2) is 0 Å². The van der Waals surface area contributed by atoms with Crippen LogP contribution in [0.3, 0.4) is 0 Å². The molecule has 6 aromatic carbocycles. The molecule has 0 spiro atoms. The number of benzene rings is 4. The molecular formula is C31H22Cl2SZr-6. The van der Waals surface area contributed by atoms with Gasteiger partial charge in [-0.2, -0.15) is 24.6 Å². The predicted octanol–water partition coefficient (Wildman–Crippen LogP) is 10.4. The van der Waals surface area contributed by atoms with Crippen molar-refractivity contribution in [3.8, 4) is 0 Å². The van der Waals surface area contributed by atoms with Crippen LogP contribution in [0.1, 0.15) is 16.7 Å². The van der Waals surface area contributed by atoms with Crippen LogP contribution in [-0.4, -0.2) is 0 Å². The summed E-state index contributed by atoms with van der Waals surface area (Å²) in [5, 5.41) is 11.3. The third kappa shape index (κ3) is 4.00. The number of fused-ring (bicyclic) bond motifs is 8. The number of hydrogen-bond donors (Lipinski definition) is 0. The third-order valence-electron chi connectivity index (χ3n) is 7.14. The molecule has 0 saturated heterocycles. The van der Waals surface area contributed by atoms with Crippen LogP contribution in [0, 0.1) is 6.92 Å². The normalized spacial score (nSPS) is 11.5. The van der Waals surface area contributed by atoms with Gasteiger partial charge in [-0.05, 0) is 16.2 Å². The summed E-state index contributed by atoms with van der Waals surface area (Å²) in [5.74, 6) is 0. The SMILES string of the molecule is Cc1cc2ccc3sc4ccccc4c3c2[c-]1CC[c-]1[c-]2cccc[c-]2[c-]2cccc[c-]12.[Cl][Zr][Cl]. The molecule has 0 radical (unpaired) electrons. The number of halogens is 2. The van der Waals surface area contributed by atoms with E-state index in [1.807, 2.05) is 11.3 Å². The Balaban J connectivity index is 0.000000727. The second-order valence-corrected chi connectivity index (χ2v) is 13.8. The van der Waals surface area contributed by atoms with Crippen LogP contribution in [0.25, 0.3) is 52.5 Å². The fraction of sp³-hybridized carbons (Fsp3) is 0.0968. The van der Waals surface area contributed by atoms with E-state index in [0.717, 1.165) is 12.8 Å². The van der Waals surface area contributed by atoms with Crippen molar-refractivity contribution in [1.29, 1.82) is 0 Å². The topological polar surface area (TPSA) is 0 Å². The Morgan fingerprint density at radius 3 is 2.06 bits per heavy atom. The van der Waals surface area contributed by atoms with E-state index >= 15 is 0 Å². The molecule has 0 fully saturated rings. The van der Waals surface area contributed by atoms with Crippen LogP contribution in [0.2, 0.25) is 0 Å². The first-order valence-electron chi connectivity index (χ1n) is 11.7. The molecule has 0 atom stereocenters. The van der Waals surface area contributed by atoms with Crippen molar-refractivity contribution >= 4 is 80.9 Å². The molecule has 35 heavy (non-hydrogen) atoms. The maximum absolute atomic E-state index is 4.93. The summed E-state index contributed by atoms with van der Waals surface area (Å²) < 4.78 is 2.78. The van der Waals surface area contributed by atoms with Crippen molar-refractivity contribution in [2.45, 2.75) is 19.8 Å². The Labute approximate surface area is 227 Å². The number of aryl methyl sites for hydroxylation is 3. The Hall–Kier alpha value is -1.96. The van der Waals surface area contributed by atoms with Crippen molar-refractivity contribution < 1.29 is 20.8 Å². The van der Waals surface area contributed by atoms with Gasteiger partial charge in [-0.3, -0.25) is 0 Å². The van der Waals surface area contributed by atoms with Gasteiger partial charge in [0, 0.05) is 4.70 Å². The second-order valence-electron chi connectivity index (χ2n) is 8.95. The fourth-order valence-corrected chi connectivity index (χ4v) is 6.86. The van der Waals surface area contributed by atoms with Crippen LogP contribution >= 0.6 is 28.4 Å². The number of rotatable bonds is 3. The molecule has 1 heterocycles. The standard InChI is InChI=1S/C31H22S.2ClH.Zr/c1-19-18-20-14-17-29-31(27-12-6-7-13-28(27)32-29)30(20)21(19)15-16-26-24-10-4-2-8-22(24)23-9-3-5-11-25(23)26;;;/h2-14,17-18H,15-16H2,1H3;2*1H;/q-6;;;+2/p-2. The van der Waals surface area contributed by atoms with E-state index in [1.54, 1.807) is 0 Å². The molecule has 0 aliphatic carbocycles. The molecule has 0 saturated carbocycles. The van der Waals surface area contributed by atoms with E-state index in [0.29, 0.717) is 0 Å². The summed E-state index contributed by atoms with van der Waals surface area (Å²) in [6.07, 6.45) is 2.13. The van der Waals surface area contributed by atoms with Crippen LogP contribution in [0.5, 0.6) is 0 Å². The van der Waals surface area contributed by atoms with Crippen LogP contribution in [-0.2, 0) is 33.7 Å². The molecule has 0 bridgehead atoms. The molecule has 0 aliphatic heterocycles. The van der Waals surface area contributed by atoms with Gasteiger partial charge in [0.05, 0.1) is 0 Å².